The molecule has 2 radical (unpaired) electrons. The Labute approximate surface area is 38.3 Å². The Morgan fingerprint density at radius 2 is 2.33 bits per heavy atom. The highest BCUT2D eigenvalue weighted by Gasteiger charge is 2.00. The SMILES string of the molecule is O=[Si](O)O[Si]O. The lowest BCUT2D eigenvalue weighted by Crippen LogP contribution is -2.08. The van der Waals surface area contributed by atoms with Crippen LogP contribution in [0.4, 0.5) is 0 Å². The Kier molecular flexibility index (Phi) is 2.90. The van der Waals surface area contributed by atoms with E-state index in [0.717, 1.165) is 0 Å². The fraction of sp³-hybridized carbons (Fsp3) is 0. The van der Waals surface area contributed by atoms with Gasteiger partial charge in [-0.05, 0) is 0 Å². The Hall–Kier alpha value is -0.206. The molecule has 0 saturated carbocycles. The van der Waals surface area contributed by atoms with Crippen LogP contribution in [-0.4, -0.2) is 28.8 Å². The van der Waals surface area contributed by atoms with E-state index in [-0.39, 0.29) is 0 Å². The van der Waals surface area contributed by atoms with Gasteiger partial charge in [-0.3, -0.25) is 4.46 Å². The molecule has 34 valence electrons. The van der Waals surface area contributed by atoms with E-state index < -0.39 is 19.2 Å². The van der Waals surface area contributed by atoms with Gasteiger partial charge in [-0.25, -0.2) is 0 Å². The van der Waals surface area contributed by atoms with Gasteiger partial charge in [0, 0.05) is 0 Å². The molecular formula is H2O4Si2. The van der Waals surface area contributed by atoms with Crippen LogP contribution < -0.4 is 0 Å². The molecule has 0 amide bonds. The average Bonchev–Trinajstić information content (AvgIpc) is 1.35. The summed E-state index contributed by atoms with van der Waals surface area (Å²) in [6.45, 7) is 0. The molecule has 0 aromatic heterocycles. The Bertz CT molecular complexity index is 49.5. The van der Waals surface area contributed by atoms with Crippen LogP contribution in [0.2, 0.25) is 0 Å². The highest BCUT2D eigenvalue weighted by atomic mass is 28.4. The highest BCUT2D eigenvalue weighted by molar-refractivity contribution is 6.36. The van der Waals surface area contributed by atoms with E-state index in [1.54, 1.807) is 0 Å². The zero-order valence-corrected chi connectivity index (χ0v) is 4.71. The van der Waals surface area contributed by atoms with Crippen LogP contribution >= 0.6 is 0 Å². The molecule has 0 aromatic carbocycles. The molecular weight excluding hydrogens is 120 g/mol. The minimum atomic E-state index is -2.87. The summed E-state index contributed by atoms with van der Waals surface area (Å²) in [5.74, 6) is 0. The summed E-state index contributed by atoms with van der Waals surface area (Å²) in [7, 11) is -3.75. The quantitative estimate of drug-likeness (QED) is 0.413. The van der Waals surface area contributed by atoms with Crippen molar-refractivity contribution in [2.75, 3.05) is 0 Å². The second-order valence-corrected chi connectivity index (χ2v) is 1.99. The van der Waals surface area contributed by atoms with Gasteiger partial charge in [-0.1, -0.05) is 0 Å². The van der Waals surface area contributed by atoms with Crippen molar-refractivity contribution in [1.82, 2.24) is 0 Å². The number of hydrogen-bond donors (Lipinski definition) is 2. The molecule has 0 aliphatic carbocycles. The average molecular weight is 122 g/mol. The van der Waals surface area contributed by atoms with E-state index in [1.165, 1.54) is 0 Å². The lowest BCUT2D eigenvalue weighted by molar-refractivity contribution is 0.321. The van der Waals surface area contributed by atoms with Gasteiger partial charge in [-0.2, -0.15) is 0 Å². The lowest BCUT2D eigenvalue weighted by atomic mass is 15.7. The van der Waals surface area contributed by atoms with Crippen molar-refractivity contribution in [2.45, 2.75) is 0 Å². The fourth-order valence-electron chi connectivity index (χ4n) is 0.0390. The maximum Gasteiger partial charge on any atom is 0.750 e. The van der Waals surface area contributed by atoms with Gasteiger partial charge in [0.15, 0.2) is 0 Å². The van der Waals surface area contributed by atoms with Gasteiger partial charge in [0.05, 0.1) is 0 Å². The van der Waals surface area contributed by atoms with Crippen LogP contribution in [0.15, 0.2) is 0 Å². The Morgan fingerprint density at radius 3 is 2.33 bits per heavy atom. The molecule has 0 aromatic rings. The van der Waals surface area contributed by atoms with Gasteiger partial charge in [-0.15, -0.1) is 0 Å². The van der Waals surface area contributed by atoms with Crippen LogP contribution in [0.1, 0.15) is 0 Å². The standard InChI is InChI=1S/H2O4Si2/c1-5-4-6(2)3/h1-2H. The van der Waals surface area contributed by atoms with E-state index in [2.05, 4.69) is 4.12 Å². The van der Waals surface area contributed by atoms with Gasteiger partial charge in [0.1, 0.15) is 0 Å². The predicted molar refractivity (Wildman–Crippen MR) is 17.7 cm³/mol. The van der Waals surface area contributed by atoms with E-state index >= 15 is 0 Å². The zero-order chi connectivity index (χ0) is 4.99. The summed E-state index contributed by atoms with van der Waals surface area (Å²) in [6.07, 6.45) is 0. The Balaban J connectivity index is 2.83. The second-order valence-electron chi connectivity index (χ2n) is 0.459. The molecule has 6 heavy (non-hydrogen) atoms. The Morgan fingerprint density at radius 1 is 1.83 bits per heavy atom. The summed E-state index contributed by atoms with van der Waals surface area (Å²) in [5.41, 5.74) is 0. The molecule has 4 nitrogen and oxygen atoms in total. The molecule has 0 spiro atoms. The summed E-state index contributed by atoms with van der Waals surface area (Å²) in [6, 6.07) is 0. The first-order chi connectivity index (χ1) is 2.77. The first-order valence-electron chi connectivity index (χ1n) is 1.06. The van der Waals surface area contributed by atoms with Crippen LogP contribution in [0.5, 0.6) is 0 Å². The monoisotopic (exact) mass is 122 g/mol. The van der Waals surface area contributed by atoms with Crippen LogP contribution in [0.25, 0.3) is 0 Å². The number of rotatable bonds is 2. The maximum absolute atomic E-state index is 9.41. The summed E-state index contributed by atoms with van der Waals surface area (Å²) in [4.78, 5) is 15.4. The molecule has 0 atom stereocenters. The van der Waals surface area contributed by atoms with Crippen molar-refractivity contribution in [3.8, 4) is 0 Å². The van der Waals surface area contributed by atoms with Crippen molar-refractivity contribution >= 4 is 19.2 Å². The third-order valence-corrected chi connectivity index (χ3v) is 1.20. The second kappa shape index (κ2) is 3.00. The lowest BCUT2D eigenvalue weighted by Gasteiger charge is -1.82. The summed E-state index contributed by atoms with van der Waals surface area (Å²) < 4.78 is 13.1. The van der Waals surface area contributed by atoms with E-state index in [4.69, 9.17) is 9.59 Å². The summed E-state index contributed by atoms with van der Waals surface area (Å²) in [5, 5.41) is 0. The molecule has 0 heterocycles. The molecule has 0 saturated heterocycles. The highest BCUT2D eigenvalue weighted by Crippen LogP contribution is 1.56. The van der Waals surface area contributed by atoms with Crippen molar-refractivity contribution in [3.63, 3.8) is 0 Å². The first-order valence-corrected chi connectivity index (χ1v) is 3.18. The molecule has 6 heteroatoms. The van der Waals surface area contributed by atoms with E-state index in [1.807, 2.05) is 0 Å². The molecule has 0 fully saturated rings. The predicted octanol–water partition coefficient (Wildman–Crippen LogP) is -2.06. The van der Waals surface area contributed by atoms with Crippen molar-refractivity contribution in [1.29, 1.82) is 0 Å². The topological polar surface area (TPSA) is 66.8 Å². The van der Waals surface area contributed by atoms with Gasteiger partial charge in [0.2, 0.25) is 0 Å². The normalized spacial score (nSPS) is 7.50. The van der Waals surface area contributed by atoms with Crippen LogP contribution in [0, 0.1) is 0 Å². The van der Waals surface area contributed by atoms with E-state index in [9.17, 15) is 4.46 Å². The van der Waals surface area contributed by atoms with Crippen LogP contribution in [-0.2, 0) is 8.58 Å². The van der Waals surface area contributed by atoms with E-state index in [0.29, 0.717) is 0 Å². The minimum absolute atomic E-state index is 0.879. The van der Waals surface area contributed by atoms with Crippen molar-refractivity contribution < 1.29 is 18.2 Å². The maximum atomic E-state index is 9.41. The molecule has 0 unspecified atom stereocenters. The van der Waals surface area contributed by atoms with Gasteiger partial charge < -0.3 is 13.7 Å². The third-order valence-electron chi connectivity index (χ3n) is 0.133. The van der Waals surface area contributed by atoms with Crippen LogP contribution in [0.3, 0.4) is 0 Å². The third kappa shape index (κ3) is 3.79. The smallest absolute Gasteiger partial charge is 0.527 e. The van der Waals surface area contributed by atoms with Gasteiger partial charge in [0.25, 0.3) is 0 Å². The molecule has 2 N–H and O–H groups in total. The number of hydrogen-bond acceptors (Lipinski definition) is 3. The molecule has 0 rings (SSSR count). The molecule has 0 aliphatic rings. The van der Waals surface area contributed by atoms with Crippen molar-refractivity contribution in [2.24, 2.45) is 0 Å². The van der Waals surface area contributed by atoms with Gasteiger partial charge >= 0.3 is 19.2 Å². The summed E-state index contributed by atoms with van der Waals surface area (Å²) >= 11 is 0. The molecule has 0 aliphatic heterocycles. The largest absolute Gasteiger partial charge is 0.750 e. The zero-order valence-electron chi connectivity index (χ0n) is 2.71. The minimum Gasteiger partial charge on any atom is -0.527 e. The molecule has 0 bridgehead atoms. The fourth-order valence-corrected chi connectivity index (χ4v) is 0.351. The first kappa shape index (κ1) is 5.79. The van der Waals surface area contributed by atoms with Crippen molar-refractivity contribution in [3.05, 3.63) is 0 Å².